The molecule has 0 bridgehead atoms. The number of para-hydroxylation sites is 1. The largest absolute Gasteiger partial charge is 0.481 e. The molecule has 0 unspecified atom stereocenters. The topological polar surface area (TPSA) is 58.6 Å². The number of halogens is 1. The van der Waals surface area contributed by atoms with Gasteiger partial charge in [-0.3, -0.25) is 9.59 Å². The molecule has 1 saturated heterocycles. The van der Waals surface area contributed by atoms with E-state index in [2.05, 4.69) is 5.32 Å². The monoisotopic (exact) mass is 266 g/mol. The predicted octanol–water partition coefficient (Wildman–Crippen LogP) is 0.409. The smallest absolute Gasteiger partial charge is 0.260 e. The highest BCUT2D eigenvalue weighted by molar-refractivity contribution is 5.84. The highest BCUT2D eigenvalue weighted by atomic mass is 19.1. The first-order valence-corrected chi connectivity index (χ1v) is 5.98. The minimum Gasteiger partial charge on any atom is -0.481 e. The summed E-state index contributed by atoms with van der Waals surface area (Å²) in [6.45, 7) is 0.555. The van der Waals surface area contributed by atoms with Gasteiger partial charge in [0.25, 0.3) is 5.91 Å². The Morgan fingerprint density at radius 1 is 1.42 bits per heavy atom. The van der Waals surface area contributed by atoms with Crippen molar-refractivity contribution in [3.63, 3.8) is 0 Å². The second-order valence-electron chi connectivity index (χ2n) is 4.33. The number of nitrogens with one attached hydrogen (secondary N) is 1. The van der Waals surface area contributed by atoms with Crippen LogP contribution in [0.15, 0.2) is 24.3 Å². The highest BCUT2D eigenvalue weighted by Crippen LogP contribution is 2.18. The van der Waals surface area contributed by atoms with Crippen LogP contribution in [0.2, 0.25) is 0 Å². The summed E-state index contributed by atoms with van der Waals surface area (Å²) in [5.41, 5.74) is 0. The molecule has 1 heterocycles. The number of benzene rings is 1. The maximum Gasteiger partial charge on any atom is 0.260 e. The molecule has 0 radical (unpaired) electrons. The van der Waals surface area contributed by atoms with E-state index in [1.54, 1.807) is 19.2 Å². The standard InChI is InChI=1S/C13H15FN2O3/c1-15-13(18)9-6-16(7-9)12(17)8-19-11-5-3-2-4-10(11)14/h2-5,9H,6-8H2,1H3,(H,15,18). The lowest BCUT2D eigenvalue weighted by Gasteiger charge is -2.37. The number of amides is 2. The maximum atomic E-state index is 13.2. The van der Waals surface area contributed by atoms with Crippen molar-refractivity contribution >= 4 is 11.8 Å². The van der Waals surface area contributed by atoms with Gasteiger partial charge in [0.15, 0.2) is 18.2 Å². The third-order valence-electron chi connectivity index (χ3n) is 3.04. The third kappa shape index (κ3) is 3.01. The number of carbonyl (C=O) groups is 2. The van der Waals surface area contributed by atoms with Crippen LogP contribution >= 0.6 is 0 Å². The fourth-order valence-corrected chi connectivity index (χ4v) is 1.84. The molecule has 1 N–H and O–H groups in total. The van der Waals surface area contributed by atoms with Gasteiger partial charge in [0.05, 0.1) is 5.92 Å². The lowest BCUT2D eigenvalue weighted by atomic mass is 9.99. The minimum atomic E-state index is -0.498. The molecule has 1 aliphatic rings. The molecule has 5 nitrogen and oxygen atoms in total. The minimum absolute atomic E-state index is 0.0548. The maximum absolute atomic E-state index is 13.2. The molecule has 102 valence electrons. The van der Waals surface area contributed by atoms with E-state index in [4.69, 9.17) is 4.74 Å². The summed E-state index contributed by atoms with van der Waals surface area (Å²) in [6, 6.07) is 5.92. The highest BCUT2D eigenvalue weighted by Gasteiger charge is 2.35. The molecule has 0 aliphatic carbocycles. The van der Waals surface area contributed by atoms with Gasteiger partial charge < -0.3 is 15.0 Å². The molecule has 0 aromatic heterocycles. The molecule has 0 saturated carbocycles. The Balaban J connectivity index is 1.78. The van der Waals surface area contributed by atoms with Crippen molar-refractivity contribution in [3.05, 3.63) is 30.1 Å². The van der Waals surface area contributed by atoms with Crippen LogP contribution in [-0.2, 0) is 9.59 Å². The molecule has 1 aromatic rings. The molecule has 0 spiro atoms. The Morgan fingerprint density at radius 3 is 2.74 bits per heavy atom. The zero-order chi connectivity index (χ0) is 13.8. The van der Waals surface area contributed by atoms with Gasteiger partial charge in [-0.1, -0.05) is 12.1 Å². The van der Waals surface area contributed by atoms with Crippen LogP contribution in [0, 0.1) is 11.7 Å². The summed E-state index contributed by atoms with van der Waals surface area (Å²) >= 11 is 0. The van der Waals surface area contributed by atoms with Crippen LogP contribution in [0.3, 0.4) is 0 Å². The van der Waals surface area contributed by atoms with Gasteiger partial charge in [-0.2, -0.15) is 0 Å². The first-order chi connectivity index (χ1) is 9.11. The zero-order valence-corrected chi connectivity index (χ0v) is 10.6. The number of hydrogen-bond acceptors (Lipinski definition) is 3. The molecule has 2 rings (SSSR count). The second kappa shape index (κ2) is 5.69. The van der Waals surface area contributed by atoms with E-state index < -0.39 is 5.82 Å². The Hall–Kier alpha value is -2.11. The first-order valence-electron chi connectivity index (χ1n) is 5.98. The Morgan fingerprint density at radius 2 is 2.11 bits per heavy atom. The third-order valence-corrected chi connectivity index (χ3v) is 3.04. The summed E-state index contributed by atoms with van der Waals surface area (Å²) in [7, 11) is 1.56. The van der Waals surface area contributed by atoms with Gasteiger partial charge in [0.1, 0.15) is 0 Å². The van der Waals surface area contributed by atoms with Gasteiger partial charge in [-0.05, 0) is 12.1 Å². The summed E-state index contributed by atoms with van der Waals surface area (Å²) in [5.74, 6) is -0.911. The van der Waals surface area contributed by atoms with Gasteiger partial charge in [-0.25, -0.2) is 4.39 Å². The average Bonchev–Trinajstić information content (AvgIpc) is 2.35. The molecular weight excluding hydrogens is 251 g/mol. The zero-order valence-electron chi connectivity index (χ0n) is 10.6. The van der Waals surface area contributed by atoms with Crippen molar-refractivity contribution < 1.29 is 18.7 Å². The number of likely N-dealkylation sites (tertiary alicyclic amines) is 1. The van der Waals surface area contributed by atoms with Crippen LogP contribution in [0.4, 0.5) is 4.39 Å². The number of hydrogen-bond donors (Lipinski definition) is 1. The Kier molecular flexibility index (Phi) is 3.99. The van der Waals surface area contributed by atoms with Crippen molar-refractivity contribution in [3.8, 4) is 5.75 Å². The molecule has 2 amide bonds. The van der Waals surface area contributed by atoms with E-state index >= 15 is 0 Å². The van der Waals surface area contributed by atoms with Gasteiger partial charge in [-0.15, -0.1) is 0 Å². The Bertz CT molecular complexity index is 487. The van der Waals surface area contributed by atoms with Gasteiger partial charge >= 0.3 is 0 Å². The number of ether oxygens (including phenoxy) is 1. The lowest BCUT2D eigenvalue weighted by Crippen LogP contribution is -2.56. The molecule has 6 heteroatoms. The molecule has 1 fully saturated rings. The van der Waals surface area contributed by atoms with Crippen molar-refractivity contribution in [1.82, 2.24) is 10.2 Å². The van der Waals surface area contributed by atoms with Gasteiger partial charge in [0.2, 0.25) is 5.91 Å². The van der Waals surface area contributed by atoms with Crippen LogP contribution in [0.1, 0.15) is 0 Å². The van der Waals surface area contributed by atoms with E-state index in [-0.39, 0.29) is 30.1 Å². The summed E-state index contributed by atoms with van der Waals surface area (Å²) < 4.78 is 18.4. The van der Waals surface area contributed by atoms with Crippen LogP contribution in [0.25, 0.3) is 0 Å². The fraction of sp³-hybridized carbons (Fsp3) is 0.385. The first kappa shape index (κ1) is 13.3. The quantitative estimate of drug-likeness (QED) is 0.858. The molecule has 1 aromatic carbocycles. The van der Waals surface area contributed by atoms with Crippen molar-refractivity contribution in [2.24, 2.45) is 5.92 Å². The second-order valence-corrected chi connectivity index (χ2v) is 4.33. The van der Waals surface area contributed by atoms with Gasteiger partial charge in [0, 0.05) is 20.1 Å². The van der Waals surface area contributed by atoms with E-state index in [1.807, 2.05) is 0 Å². The van der Waals surface area contributed by atoms with Crippen molar-refractivity contribution in [2.45, 2.75) is 0 Å². The lowest BCUT2D eigenvalue weighted by molar-refractivity contribution is -0.144. The molecule has 1 aliphatic heterocycles. The number of nitrogens with zero attached hydrogens (tertiary/aromatic N) is 1. The van der Waals surface area contributed by atoms with Crippen molar-refractivity contribution in [2.75, 3.05) is 26.7 Å². The molecule has 0 atom stereocenters. The summed E-state index contributed by atoms with van der Waals surface area (Å²) in [6.07, 6.45) is 0. The predicted molar refractivity (Wildman–Crippen MR) is 66.0 cm³/mol. The summed E-state index contributed by atoms with van der Waals surface area (Å²) in [4.78, 5) is 24.5. The molecule has 19 heavy (non-hydrogen) atoms. The van der Waals surface area contributed by atoms with E-state index in [0.29, 0.717) is 13.1 Å². The summed E-state index contributed by atoms with van der Waals surface area (Å²) in [5, 5.41) is 2.53. The number of carbonyl (C=O) groups excluding carboxylic acids is 2. The SMILES string of the molecule is CNC(=O)C1CN(C(=O)COc2ccccc2F)C1. The van der Waals surface area contributed by atoms with Crippen molar-refractivity contribution in [1.29, 1.82) is 0 Å². The normalized spacial score (nSPS) is 14.7. The fourth-order valence-electron chi connectivity index (χ4n) is 1.84. The average molecular weight is 266 g/mol. The van der Waals surface area contributed by atoms with Crippen LogP contribution in [-0.4, -0.2) is 43.5 Å². The number of rotatable bonds is 4. The Labute approximate surface area is 110 Å². The van der Waals surface area contributed by atoms with E-state index in [9.17, 15) is 14.0 Å². The molecular formula is C13H15FN2O3. The van der Waals surface area contributed by atoms with Crippen LogP contribution < -0.4 is 10.1 Å². The van der Waals surface area contributed by atoms with E-state index in [0.717, 1.165) is 0 Å². The van der Waals surface area contributed by atoms with Crippen LogP contribution in [0.5, 0.6) is 5.75 Å². The van der Waals surface area contributed by atoms with E-state index in [1.165, 1.54) is 17.0 Å².